The van der Waals surface area contributed by atoms with Crippen LogP contribution in [0.25, 0.3) is 0 Å². The van der Waals surface area contributed by atoms with E-state index in [-0.39, 0.29) is 0 Å². The zero-order chi connectivity index (χ0) is 18.6. The molecule has 1 aromatic carbocycles. The highest BCUT2D eigenvalue weighted by atomic mass is 79.9. The fraction of sp³-hybridized carbons (Fsp3) is 0.389. The number of hydrogen-bond acceptors (Lipinski definition) is 5. The van der Waals surface area contributed by atoms with Gasteiger partial charge in [-0.25, -0.2) is 9.78 Å². The second-order valence-electron chi connectivity index (χ2n) is 5.92. The number of methoxy groups -OCH3 is 1. The SMILES string of the molecule is CCN(c1nc(C)cc(NC(=O)OC)n1)c1ccc(C(C)C)cc1Br. The molecule has 0 atom stereocenters. The van der Waals surface area contributed by atoms with Gasteiger partial charge in [0.25, 0.3) is 0 Å². The number of halogens is 1. The van der Waals surface area contributed by atoms with E-state index >= 15 is 0 Å². The van der Waals surface area contributed by atoms with Crippen LogP contribution in [0.4, 0.5) is 22.2 Å². The first-order chi connectivity index (χ1) is 11.8. The number of carbonyl (C=O) groups is 1. The number of nitrogens with one attached hydrogen (secondary N) is 1. The number of amides is 1. The van der Waals surface area contributed by atoms with E-state index in [4.69, 9.17) is 0 Å². The zero-order valence-corrected chi connectivity index (χ0v) is 16.7. The molecule has 1 heterocycles. The Morgan fingerprint density at radius 1 is 1.32 bits per heavy atom. The van der Waals surface area contributed by atoms with Gasteiger partial charge in [0.1, 0.15) is 5.82 Å². The van der Waals surface area contributed by atoms with E-state index in [1.807, 2.05) is 18.7 Å². The summed E-state index contributed by atoms with van der Waals surface area (Å²) in [5.41, 5.74) is 2.98. The fourth-order valence-corrected chi connectivity index (χ4v) is 3.02. The number of aryl methyl sites for hydroxylation is 1. The molecule has 134 valence electrons. The van der Waals surface area contributed by atoms with Gasteiger partial charge < -0.3 is 9.64 Å². The summed E-state index contributed by atoms with van der Waals surface area (Å²) in [5, 5.41) is 2.59. The van der Waals surface area contributed by atoms with Crippen molar-refractivity contribution in [1.29, 1.82) is 0 Å². The van der Waals surface area contributed by atoms with Gasteiger partial charge in [-0.3, -0.25) is 5.32 Å². The van der Waals surface area contributed by atoms with Crippen molar-refractivity contribution in [2.24, 2.45) is 0 Å². The average molecular weight is 407 g/mol. The number of benzene rings is 1. The van der Waals surface area contributed by atoms with Gasteiger partial charge in [-0.1, -0.05) is 19.9 Å². The van der Waals surface area contributed by atoms with E-state index < -0.39 is 6.09 Å². The van der Waals surface area contributed by atoms with Gasteiger partial charge in [0.15, 0.2) is 0 Å². The minimum absolute atomic E-state index is 0.405. The lowest BCUT2D eigenvalue weighted by Gasteiger charge is -2.24. The molecule has 25 heavy (non-hydrogen) atoms. The summed E-state index contributed by atoms with van der Waals surface area (Å²) in [6.07, 6.45) is -0.561. The van der Waals surface area contributed by atoms with E-state index in [2.05, 4.69) is 68.0 Å². The zero-order valence-electron chi connectivity index (χ0n) is 15.1. The van der Waals surface area contributed by atoms with Gasteiger partial charge in [0.2, 0.25) is 5.95 Å². The number of nitrogens with zero attached hydrogens (tertiary/aromatic N) is 3. The van der Waals surface area contributed by atoms with E-state index in [0.29, 0.717) is 24.2 Å². The largest absolute Gasteiger partial charge is 0.453 e. The Morgan fingerprint density at radius 2 is 2.04 bits per heavy atom. The predicted octanol–water partition coefficient (Wildman–Crippen LogP) is 5.01. The molecular weight excluding hydrogens is 384 g/mol. The molecule has 7 heteroatoms. The Kier molecular flexibility index (Phi) is 6.36. The van der Waals surface area contributed by atoms with Crippen LogP contribution in [0.3, 0.4) is 0 Å². The molecule has 0 saturated carbocycles. The van der Waals surface area contributed by atoms with Gasteiger partial charge >= 0.3 is 6.09 Å². The van der Waals surface area contributed by atoms with Crippen molar-refractivity contribution in [3.05, 3.63) is 40.0 Å². The highest BCUT2D eigenvalue weighted by Crippen LogP contribution is 2.33. The second kappa shape index (κ2) is 8.29. The molecule has 0 aliphatic rings. The molecule has 1 amide bonds. The maximum absolute atomic E-state index is 11.5. The van der Waals surface area contributed by atoms with E-state index in [0.717, 1.165) is 15.9 Å². The minimum Gasteiger partial charge on any atom is -0.453 e. The highest BCUT2D eigenvalue weighted by Gasteiger charge is 2.16. The van der Waals surface area contributed by atoms with Crippen molar-refractivity contribution in [2.45, 2.75) is 33.6 Å². The Bertz CT molecular complexity index is 765. The minimum atomic E-state index is -0.561. The quantitative estimate of drug-likeness (QED) is 0.755. The normalized spacial score (nSPS) is 10.7. The molecule has 0 bridgehead atoms. The molecule has 0 spiro atoms. The Hall–Kier alpha value is -2.15. The number of anilines is 3. The molecule has 2 rings (SSSR count). The summed E-state index contributed by atoms with van der Waals surface area (Å²) in [6, 6.07) is 7.98. The highest BCUT2D eigenvalue weighted by molar-refractivity contribution is 9.10. The van der Waals surface area contributed by atoms with Crippen LogP contribution in [0.2, 0.25) is 0 Å². The van der Waals surface area contributed by atoms with Crippen LogP contribution in [0.1, 0.15) is 37.9 Å². The lowest BCUT2D eigenvalue weighted by Crippen LogP contribution is -2.21. The maximum atomic E-state index is 11.5. The van der Waals surface area contributed by atoms with Crippen molar-refractivity contribution in [2.75, 3.05) is 23.9 Å². The number of carbonyl (C=O) groups excluding carboxylic acids is 1. The van der Waals surface area contributed by atoms with Crippen molar-refractivity contribution < 1.29 is 9.53 Å². The van der Waals surface area contributed by atoms with Crippen LogP contribution in [0, 0.1) is 6.92 Å². The summed E-state index contributed by atoms with van der Waals surface area (Å²) in [4.78, 5) is 22.4. The van der Waals surface area contributed by atoms with Crippen molar-refractivity contribution in [1.82, 2.24) is 9.97 Å². The molecule has 0 unspecified atom stereocenters. The molecule has 0 aliphatic heterocycles. The molecule has 0 fully saturated rings. The van der Waals surface area contributed by atoms with Crippen LogP contribution < -0.4 is 10.2 Å². The molecule has 0 saturated heterocycles. The van der Waals surface area contributed by atoms with Crippen LogP contribution >= 0.6 is 15.9 Å². The first-order valence-electron chi connectivity index (χ1n) is 8.13. The van der Waals surface area contributed by atoms with E-state index in [1.54, 1.807) is 6.07 Å². The van der Waals surface area contributed by atoms with Gasteiger partial charge in [-0.15, -0.1) is 0 Å². The fourth-order valence-electron chi connectivity index (χ4n) is 2.41. The number of hydrogen-bond donors (Lipinski definition) is 1. The number of rotatable bonds is 5. The smallest absolute Gasteiger partial charge is 0.412 e. The lowest BCUT2D eigenvalue weighted by molar-refractivity contribution is 0.187. The molecule has 6 nitrogen and oxygen atoms in total. The van der Waals surface area contributed by atoms with Crippen molar-refractivity contribution in [3.8, 4) is 0 Å². The summed E-state index contributed by atoms with van der Waals surface area (Å²) in [6.45, 7) is 8.89. The lowest BCUT2D eigenvalue weighted by atomic mass is 10.0. The summed E-state index contributed by atoms with van der Waals surface area (Å²) in [5.74, 6) is 1.38. The third kappa shape index (κ3) is 4.69. The molecule has 1 aromatic heterocycles. The van der Waals surface area contributed by atoms with Gasteiger partial charge in [0, 0.05) is 22.8 Å². The molecule has 2 aromatic rings. The van der Waals surface area contributed by atoms with Crippen LogP contribution in [-0.2, 0) is 4.74 Å². The monoisotopic (exact) mass is 406 g/mol. The first kappa shape index (κ1) is 19.2. The molecule has 0 radical (unpaired) electrons. The van der Waals surface area contributed by atoms with Gasteiger partial charge in [-0.2, -0.15) is 4.98 Å². The topological polar surface area (TPSA) is 67.4 Å². The number of aromatic nitrogens is 2. The van der Waals surface area contributed by atoms with Gasteiger partial charge in [-0.05, 0) is 53.4 Å². The second-order valence-corrected chi connectivity index (χ2v) is 6.78. The predicted molar refractivity (Wildman–Crippen MR) is 104 cm³/mol. The third-order valence-corrected chi connectivity index (χ3v) is 4.38. The number of ether oxygens (including phenoxy) is 1. The summed E-state index contributed by atoms with van der Waals surface area (Å²) in [7, 11) is 1.32. The maximum Gasteiger partial charge on any atom is 0.412 e. The third-order valence-electron chi connectivity index (χ3n) is 3.74. The Labute approximate surface area is 156 Å². The van der Waals surface area contributed by atoms with E-state index in [1.165, 1.54) is 12.7 Å². The Morgan fingerprint density at radius 3 is 2.60 bits per heavy atom. The van der Waals surface area contributed by atoms with Crippen LogP contribution in [-0.4, -0.2) is 29.7 Å². The standard InChI is InChI=1S/C18H23BrN4O2/c1-6-23(15-8-7-13(11(2)3)10-14(15)19)17-20-12(4)9-16(21-17)22-18(24)25-5/h7-11H,6H2,1-5H3,(H,20,21,22,24). The molecule has 0 aliphatic carbocycles. The van der Waals surface area contributed by atoms with Gasteiger partial charge in [0.05, 0.1) is 12.8 Å². The molecule has 1 N–H and O–H groups in total. The van der Waals surface area contributed by atoms with E-state index in [9.17, 15) is 4.79 Å². The first-order valence-corrected chi connectivity index (χ1v) is 8.92. The average Bonchev–Trinajstić information content (AvgIpc) is 2.56. The van der Waals surface area contributed by atoms with Crippen molar-refractivity contribution in [3.63, 3.8) is 0 Å². The Balaban J connectivity index is 2.42. The van der Waals surface area contributed by atoms with Crippen molar-refractivity contribution >= 4 is 39.5 Å². The van der Waals surface area contributed by atoms with Crippen LogP contribution in [0.15, 0.2) is 28.7 Å². The summed E-state index contributed by atoms with van der Waals surface area (Å²) >= 11 is 3.66. The van der Waals surface area contributed by atoms with Crippen LogP contribution in [0.5, 0.6) is 0 Å². The molecular formula is C18H23BrN4O2. The summed E-state index contributed by atoms with van der Waals surface area (Å²) < 4.78 is 5.61.